The molecule has 0 unspecified atom stereocenters. The number of ether oxygens (including phenoxy) is 2. The zero-order valence-corrected chi connectivity index (χ0v) is 17.0. The fourth-order valence-electron chi connectivity index (χ4n) is 2.86. The Morgan fingerprint density at radius 1 is 0.714 bits per heavy atom. The molecule has 0 aliphatic rings. The third kappa shape index (κ3) is 6.82. The third-order valence-corrected chi connectivity index (χ3v) is 3.97. The summed E-state index contributed by atoms with van der Waals surface area (Å²) in [5.41, 5.74) is 2.00. The van der Waals surface area contributed by atoms with Gasteiger partial charge in [0.15, 0.2) is 0 Å². The van der Waals surface area contributed by atoms with Gasteiger partial charge in [0.2, 0.25) is 6.04 Å². The fourth-order valence-corrected chi connectivity index (χ4v) is 2.86. The van der Waals surface area contributed by atoms with Crippen molar-refractivity contribution in [1.82, 2.24) is 4.90 Å². The van der Waals surface area contributed by atoms with Gasteiger partial charge in [0, 0.05) is 13.1 Å². The van der Waals surface area contributed by atoms with Crippen LogP contribution >= 0.6 is 0 Å². The van der Waals surface area contributed by atoms with E-state index in [4.69, 9.17) is 9.47 Å². The Morgan fingerprint density at radius 2 is 1.07 bits per heavy atom. The topological polar surface area (TPSA) is 55.8 Å². The van der Waals surface area contributed by atoms with Crippen molar-refractivity contribution in [1.29, 1.82) is 0 Å². The molecule has 2 rings (SSSR count). The molecule has 0 N–H and O–H groups in total. The zero-order valence-electron chi connectivity index (χ0n) is 17.0. The largest absolute Gasteiger partial charge is 0.461 e. The van der Waals surface area contributed by atoms with Crippen LogP contribution in [0.5, 0.6) is 0 Å². The lowest BCUT2D eigenvalue weighted by Gasteiger charge is -2.30. The van der Waals surface area contributed by atoms with Crippen LogP contribution in [0.3, 0.4) is 0 Å². The van der Waals surface area contributed by atoms with Crippen LogP contribution in [0.1, 0.15) is 38.8 Å². The highest BCUT2D eigenvalue weighted by molar-refractivity contribution is 5.99. The number of nitrogens with zero attached hydrogens (tertiary/aromatic N) is 1. The summed E-state index contributed by atoms with van der Waals surface area (Å²) < 4.78 is 10.8. The van der Waals surface area contributed by atoms with E-state index in [0.29, 0.717) is 13.1 Å². The predicted octanol–water partition coefficient (Wildman–Crippen LogP) is 3.96. The predicted molar refractivity (Wildman–Crippen MR) is 108 cm³/mol. The lowest BCUT2D eigenvalue weighted by Crippen LogP contribution is -2.48. The van der Waals surface area contributed by atoms with E-state index in [2.05, 4.69) is 0 Å². The van der Waals surface area contributed by atoms with Crippen molar-refractivity contribution in [3.63, 3.8) is 0 Å². The molecule has 0 aromatic heterocycles. The lowest BCUT2D eigenvalue weighted by atomic mass is 10.1. The maximum Gasteiger partial charge on any atom is 0.335 e. The second kappa shape index (κ2) is 10.6. The van der Waals surface area contributed by atoms with Crippen molar-refractivity contribution in [2.24, 2.45) is 0 Å². The summed E-state index contributed by atoms with van der Waals surface area (Å²) in [6.07, 6.45) is -0.644. The first-order valence-electron chi connectivity index (χ1n) is 9.59. The first kappa shape index (κ1) is 21.6. The Kier molecular flexibility index (Phi) is 8.20. The van der Waals surface area contributed by atoms with E-state index in [0.717, 1.165) is 11.1 Å². The van der Waals surface area contributed by atoms with E-state index in [9.17, 15) is 9.59 Å². The van der Waals surface area contributed by atoms with E-state index in [-0.39, 0.29) is 12.2 Å². The summed E-state index contributed by atoms with van der Waals surface area (Å²) in [6.45, 7) is 7.90. The van der Waals surface area contributed by atoms with E-state index in [1.807, 2.05) is 60.7 Å². The van der Waals surface area contributed by atoms with Crippen molar-refractivity contribution in [3.8, 4) is 0 Å². The Bertz CT molecular complexity index is 680. The molecule has 0 saturated carbocycles. The highest BCUT2D eigenvalue weighted by Gasteiger charge is 2.37. The first-order chi connectivity index (χ1) is 13.4. The number of carbonyl (C=O) groups excluding carboxylic acids is 2. The summed E-state index contributed by atoms with van der Waals surface area (Å²) in [5.74, 6) is -1.18. The number of hydrogen-bond donors (Lipinski definition) is 0. The molecular weight excluding hydrogens is 354 g/mol. The third-order valence-electron chi connectivity index (χ3n) is 3.97. The zero-order chi connectivity index (χ0) is 20.5. The van der Waals surface area contributed by atoms with Gasteiger partial charge in [-0.25, -0.2) is 9.59 Å². The molecule has 0 heterocycles. The van der Waals surface area contributed by atoms with Crippen molar-refractivity contribution in [2.45, 2.75) is 59.0 Å². The van der Waals surface area contributed by atoms with E-state index in [1.165, 1.54) is 0 Å². The van der Waals surface area contributed by atoms with Gasteiger partial charge < -0.3 is 9.47 Å². The summed E-state index contributed by atoms with van der Waals surface area (Å²) >= 11 is 0. The van der Waals surface area contributed by atoms with E-state index < -0.39 is 18.0 Å². The molecule has 0 aliphatic carbocycles. The molecule has 28 heavy (non-hydrogen) atoms. The molecule has 2 aromatic carbocycles. The van der Waals surface area contributed by atoms with Gasteiger partial charge in [-0.15, -0.1) is 0 Å². The molecule has 0 aliphatic heterocycles. The molecule has 0 spiro atoms. The normalized spacial score (nSPS) is 11.3. The van der Waals surface area contributed by atoms with Gasteiger partial charge in [-0.1, -0.05) is 60.7 Å². The Hall–Kier alpha value is -2.66. The molecule has 0 amide bonds. The van der Waals surface area contributed by atoms with E-state index in [1.54, 1.807) is 32.6 Å². The highest BCUT2D eigenvalue weighted by atomic mass is 16.6. The molecule has 5 nitrogen and oxygen atoms in total. The molecular formula is C23H29NO4. The van der Waals surface area contributed by atoms with Crippen LogP contribution in [0.2, 0.25) is 0 Å². The smallest absolute Gasteiger partial charge is 0.335 e. The average molecular weight is 383 g/mol. The molecule has 0 bridgehead atoms. The van der Waals surface area contributed by atoms with Gasteiger partial charge in [0.05, 0.1) is 12.2 Å². The van der Waals surface area contributed by atoms with Gasteiger partial charge in [-0.05, 0) is 38.8 Å². The first-order valence-corrected chi connectivity index (χ1v) is 9.59. The second-order valence-electron chi connectivity index (χ2n) is 7.25. The number of carbonyl (C=O) groups is 2. The van der Waals surface area contributed by atoms with Crippen molar-refractivity contribution in [3.05, 3.63) is 71.8 Å². The average Bonchev–Trinajstić information content (AvgIpc) is 2.62. The number of hydrogen-bond acceptors (Lipinski definition) is 5. The van der Waals surface area contributed by atoms with Crippen LogP contribution in [0.15, 0.2) is 60.7 Å². The summed E-state index contributed by atoms with van der Waals surface area (Å²) in [7, 11) is 0. The molecule has 2 aromatic rings. The molecule has 5 heteroatoms. The van der Waals surface area contributed by atoms with Gasteiger partial charge in [0.25, 0.3) is 0 Å². The fraction of sp³-hybridized carbons (Fsp3) is 0.391. The van der Waals surface area contributed by atoms with Gasteiger partial charge in [-0.2, -0.15) is 0 Å². The number of esters is 2. The monoisotopic (exact) mass is 383 g/mol. The van der Waals surface area contributed by atoms with Gasteiger partial charge >= 0.3 is 11.9 Å². The summed E-state index contributed by atoms with van der Waals surface area (Å²) in [5, 5.41) is 0. The van der Waals surface area contributed by atoms with Crippen LogP contribution in [0, 0.1) is 0 Å². The van der Waals surface area contributed by atoms with Crippen LogP contribution in [-0.4, -0.2) is 35.1 Å². The minimum absolute atomic E-state index is 0.322. The van der Waals surface area contributed by atoms with Crippen molar-refractivity contribution < 1.29 is 19.1 Å². The molecule has 0 atom stereocenters. The summed E-state index contributed by atoms with van der Waals surface area (Å²) in [6, 6.07) is 18.3. The van der Waals surface area contributed by atoms with Crippen LogP contribution < -0.4 is 0 Å². The minimum atomic E-state index is -1.13. The molecule has 0 fully saturated rings. The van der Waals surface area contributed by atoms with Gasteiger partial charge in [-0.3, -0.25) is 4.90 Å². The van der Waals surface area contributed by atoms with Crippen LogP contribution in [0.4, 0.5) is 0 Å². The standard InChI is InChI=1S/C23H29NO4/c1-17(2)27-22(25)21(23(26)28-18(3)4)24(15-19-11-7-5-8-12-19)16-20-13-9-6-10-14-20/h5-14,17-18,21H,15-16H2,1-4H3. The molecule has 150 valence electrons. The van der Waals surface area contributed by atoms with Crippen LogP contribution in [0.25, 0.3) is 0 Å². The Morgan fingerprint density at radius 3 is 1.39 bits per heavy atom. The maximum absolute atomic E-state index is 12.8. The highest BCUT2D eigenvalue weighted by Crippen LogP contribution is 2.17. The maximum atomic E-state index is 12.8. The lowest BCUT2D eigenvalue weighted by molar-refractivity contribution is -0.169. The van der Waals surface area contributed by atoms with Crippen molar-refractivity contribution in [2.75, 3.05) is 0 Å². The molecule has 0 radical (unpaired) electrons. The quantitative estimate of drug-likeness (QED) is 0.485. The number of rotatable bonds is 9. The van der Waals surface area contributed by atoms with Crippen molar-refractivity contribution >= 4 is 11.9 Å². The van der Waals surface area contributed by atoms with Gasteiger partial charge in [0.1, 0.15) is 0 Å². The van der Waals surface area contributed by atoms with E-state index >= 15 is 0 Å². The summed E-state index contributed by atoms with van der Waals surface area (Å²) in [4.78, 5) is 27.5. The second-order valence-corrected chi connectivity index (χ2v) is 7.25. The number of benzene rings is 2. The minimum Gasteiger partial charge on any atom is -0.461 e. The SMILES string of the molecule is CC(C)OC(=O)C(C(=O)OC(C)C)N(Cc1ccccc1)Cc1ccccc1. The van der Waals surface area contributed by atoms with Crippen LogP contribution in [-0.2, 0) is 32.2 Å². The Balaban J connectivity index is 2.36. The molecule has 0 saturated heterocycles. The Labute approximate surface area is 167 Å².